The van der Waals surface area contributed by atoms with Crippen LogP contribution in [0.25, 0.3) is 0 Å². The van der Waals surface area contributed by atoms with E-state index in [9.17, 15) is 9.59 Å². The zero-order chi connectivity index (χ0) is 27.6. The highest BCUT2D eigenvalue weighted by atomic mass is 79.9. The summed E-state index contributed by atoms with van der Waals surface area (Å²) in [5.74, 6) is 0.0137. The quantitative estimate of drug-likeness (QED) is 0.253. The molecular weight excluding hydrogens is 542 g/mol. The van der Waals surface area contributed by atoms with E-state index in [0.717, 1.165) is 6.41 Å². The number of hydrogen-bond acceptors (Lipinski definition) is 8. The number of para-hydroxylation sites is 2. The third-order valence-electron chi connectivity index (χ3n) is 4.33. The van der Waals surface area contributed by atoms with Crippen LogP contribution in [0.3, 0.4) is 0 Å². The first kappa shape index (κ1) is 36.4. The van der Waals surface area contributed by atoms with Crippen molar-refractivity contribution in [3.63, 3.8) is 0 Å². The third-order valence-corrected chi connectivity index (χ3v) is 4.72. The molecule has 210 valence electrons. The van der Waals surface area contributed by atoms with E-state index in [1.165, 1.54) is 6.20 Å². The molecule has 0 aliphatic rings. The number of hydrogen-bond donors (Lipinski definition) is 3. The smallest absolute Gasteiger partial charge is 0.278 e. The molecule has 0 atom stereocenters. The van der Waals surface area contributed by atoms with Gasteiger partial charge >= 0.3 is 0 Å². The normalized spacial score (nSPS) is 9.95. The fourth-order valence-corrected chi connectivity index (χ4v) is 2.64. The minimum atomic E-state index is -0.501. The van der Waals surface area contributed by atoms with Gasteiger partial charge in [0.2, 0.25) is 6.41 Å². The van der Waals surface area contributed by atoms with Gasteiger partial charge in [-0.25, -0.2) is 9.97 Å². The molecular formula is C26H44BrN5O5. The van der Waals surface area contributed by atoms with Crippen molar-refractivity contribution in [2.45, 2.75) is 60.5 Å². The van der Waals surface area contributed by atoms with Crippen LogP contribution in [0.1, 0.15) is 65.4 Å². The second-order valence-corrected chi connectivity index (χ2v) is 8.93. The maximum atomic E-state index is 12.5. The molecule has 0 spiro atoms. The van der Waals surface area contributed by atoms with Gasteiger partial charge in [0.05, 0.1) is 24.1 Å². The molecule has 0 saturated heterocycles. The molecule has 0 radical (unpaired) electrons. The van der Waals surface area contributed by atoms with E-state index in [4.69, 9.17) is 20.3 Å². The first-order chi connectivity index (χ1) is 17.1. The first-order valence-corrected chi connectivity index (χ1v) is 12.6. The predicted octanol–water partition coefficient (Wildman–Crippen LogP) is 4.78. The van der Waals surface area contributed by atoms with Crippen molar-refractivity contribution in [2.75, 3.05) is 44.5 Å². The number of amides is 2. The summed E-state index contributed by atoms with van der Waals surface area (Å²) in [5, 5.41) is 11.5. The number of aliphatic hydroxyl groups excluding tert-OH is 1. The Hall–Kier alpha value is -2.76. The summed E-state index contributed by atoms with van der Waals surface area (Å²) in [6.07, 6.45) is 3.31. The van der Waals surface area contributed by atoms with Gasteiger partial charge in [-0.1, -0.05) is 33.4 Å². The molecule has 1 heterocycles. The lowest BCUT2D eigenvalue weighted by Gasteiger charge is -2.17. The van der Waals surface area contributed by atoms with E-state index in [1.54, 1.807) is 36.3 Å². The molecule has 11 heteroatoms. The van der Waals surface area contributed by atoms with Crippen LogP contribution < -0.4 is 15.8 Å². The average molecular weight is 587 g/mol. The Labute approximate surface area is 230 Å². The summed E-state index contributed by atoms with van der Waals surface area (Å²) in [4.78, 5) is 33.0. The van der Waals surface area contributed by atoms with Gasteiger partial charge in [0.15, 0.2) is 11.5 Å². The number of anilines is 2. The Balaban J connectivity index is 0. The number of ether oxygens (including phenoxy) is 2. The van der Waals surface area contributed by atoms with Gasteiger partial charge in [-0.05, 0) is 61.7 Å². The Bertz CT molecular complexity index is 909. The summed E-state index contributed by atoms with van der Waals surface area (Å²) < 4.78 is 11.1. The minimum absolute atomic E-state index is 0. The summed E-state index contributed by atoms with van der Waals surface area (Å²) in [6.45, 7) is 11.5. The van der Waals surface area contributed by atoms with Crippen LogP contribution in [0.15, 0.2) is 35.1 Å². The van der Waals surface area contributed by atoms with Gasteiger partial charge in [-0.3, -0.25) is 9.59 Å². The summed E-state index contributed by atoms with van der Waals surface area (Å²) >= 11 is 3.16. The fraction of sp³-hybridized carbons (Fsp3) is 0.538. The number of nitrogens with one attached hydrogen (secondary N) is 1. The molecule has 1 aromatic heterocycles. The second-order valence-electron chi connectivity index (χ2n) is 8.11. The number of halogens is 1. The molecule has 4 N–H and O–H groups in total. The number of aliphatic hydroxyl groups is 1. The number of carbonyl (C=O) groups is 2. The van der Waals surface area contributed by atoms with Gasteiger partial charge in [0.25, 0.3) is 5.91 Å². The zero-order valence-corrected chi connectivity index (χ0v) is 23.7. The van der Waals surface area contributed by atoms with Gasteiger partial charge in [0.1, 0.15) is 10.4 Å². The largest absolute Gasteiger partial charge is 0.491 e. The molecule has 0 aliphatic carbocycles. The molecule has 37 heavy (non-hydrogen) atoms. The van der Waals surface area contributed by atoms with E-state index in [-0.39, 0.29) is 31.1 Å². The lowest BCUT2D eigenvalue weighted by molar-refractivity contribution is -0.118. The van der Waals surface area contributed by atoms with Crippen molar-refractivity contribution in [2.24, 2.45) is 0 Å². The van der Waals surface area contributed by atoms with Gasteiger partial charge in [0, 0.05) is 26.8 Å². The molecule has 0 fully saturated rings. The van der Waals surface area contributed by atoms with Gasteiger partial charge in [-0.2, -0.15) is 0 Å². The van der Waals surface area contributed by atoms with E-state index < -0.39 is 5.91 Å². The number of methoxy groups -OCH3 is 1. The van der Waals surface area contributed by atoms with Gasteiger partial charge < -0.3 is 30.5 Å². The topological polar surface area (TPSA) is 140 Å². The highest BCUT2D eigenvalue weighted by molar-refractivity contribution is 9.10. The van der Waals surface area contributed by atoms with E-state index >= 15 is 0 Å². The monoisotopic (exact) mass is 585 g/mol. The maximum Gasteiger partial charge on any atom is 0.278 e. The molecule has 2 aromatic rings. The first-order valence-electron chi connectivity index (χ1n) is 11.8. The lowest BCUT2D eigenvalue weighted by atomic mass is 10.2. The summed E-state index contributed by atoms with van der Waals surface area (Å²) in [6, 6.07) is 6.99. The van der Waals surface area contributed by atoms with E-state index in [1.807, 2.05) is 34.6 Å². The minimum Gasteiger partial charge on any atom is -0.491 e. The molecule has 0 unspecified atom stereocenters. The van der Waals surface area contributed by atoms with Crippen molar-refractivity contribution in [3.05, 3.63) is 40.8 Å². The lowest BCUT2D eigenvalue weighted by Crippen LogP contribution is -2.26. The summed E-state index contributed by atoms with van der Waals surface area (Å²) in [5.41, 5.74) is 6.25. The zero-order valence-electron chi connectivity index (χ0n) is 22.1. The highest BCUT2D eigenvalue weighted by Crippen LogP contribution is 2.25. The van der Waals surface area contributed by atoms with E-state index in [0.29, 0.717) is 48.6 Å². The standard InChI is InChI=1S/C18H22BrN5O4.C5H12O.C2H6.CH4/c19-15-11-21-17(20)16(23-15)18(27)22-13-5-1-2-6-14(13)28-10-4-8-24(12-26)7-3-9-25;1-5(2,3)6-4;1-2;/h1-2,5-6,11-12,25H,3-4,7-10H2,(H2,20,21)(H,22,27);1-4H3;1-2H3;1H4. The van der Waals surface area contributed by atoms with E-state index in [2.05, 4.69) is 31.2 Å². The molecule has 0 aliphatic heterocycles. The number of benzene rings is 1. The molecule has 10 nitrogen and oxygen atoms in total. The van der Waals surface area contributed by atoms with Crippen LogP contribution in [-0.2, 0) is 9.53 Å². The SMILES string of the molecule is C.CC.COC(C)(C)C.Nc1ncc(Br)nc1C(=O)Nc1ccccc1OCCCN(C=O)CCCO. The second kappa shape index (κ2) is 20.3. The number of aromatic nitrogens is 2. The number of carbonyl (C=O) groups excluding carboxylic acids is 2. The number of rotatable bonds is 11. The van der Waals surface area contributed by atoms with Gasteiger partial charge in [-0.15, -0.1) is 0 Å². The van der Waals surface area contributed by atoms with Crippen LogP contribution in [0.5, 0.6) is 5.75 Å². The number of nitrogen functional groups attached to an aromatic ring is 1. The number of nitrogens with two attached hydrogens (primary N) is 1. The van der Waals surface area contributed by atoms with Crippen LogP contribution in [0.4, 0.5) is 11.5 Å². The molecule has 2 amide bonds. The van der Waals surface area contributed by atoms with Crippen molar-refractivity contribution in [1.29, 1.82) is 0 Å². The van der Waals surface area contributed by atoms with Crippen LogP contribution in [0.2, 0.25) is 0 Å². The Morgan fingerprint density at radius 3 is 2.38 bits per heavy atom. The Morgan fingerprint density at radius 1 is 1.22 bits per heavy atom. The molecule has 1 aromatic carbocycles. The predicted molar refractivity (Wildman–Crippen MR) is 153 cm³/mol. The Morgan fingerprint density at radius 2 is 1.81 bits per heavy atom. The molecule has 2 rings (SSSR count). The molecule has 0 saturated carbocycles. The van der Waals surface area contributed by atoms with Crippen LogP contribution in [0, 0.1) is 0 Å². The molecule has 0 bridgehead atoms. The van der Waals surface area contributed by atoms with Crippen LogP contribution in [-0.4, -0.2) is 71.3 Å². The van der Waals surface area contributed by atoms with Crippen molar-refractivity contribution >= 4 is 39.8 Å². The highest BCUT2D eigenvalue weighted by Gasteiger charge is 2.15. The maximum absolute atomic E-state index is 12.5. The fourth-order valence-electron chi connectivity index (χ4n) is 2.36. The van der Waals surface area contributed by atoms with Crippen molar-refractivity contribution in [3.8, 4) is 5.75 Å². The number of nitrogens with zero attached hydrogens (tertiary/aromatic N) is 3. The van der Waals surface area contributed by atoms with Crippen LogP contribution >= 0.6 is 15.9 Å². The third kappa shape index (κ3) is 15.9. The van der Waals surface area contributed by atoms with Crippen molar-refractivity contribution in [1.82, 2.24) is 14.9 Å². The summed E-state index contributed by atoms with van der Waals surface area (Å²) in [7, 11) is 1.71. The average Bonchev–Trinajstić information content (AvgIpc) is 2.87. The Kier molecular flexibility index (Phi) is 20.0. The van der Waals surface area contributed by atoms with Crippen molar-refractivity contribution < 1.29 is 24.2 Å².